The fourth-order valence-corrected chi connectivity index (χ4v) is 3.07. The van der Waals surface area contributed by atoms with Crippen molar-refractivity contribution in [3.63, 3.8) is 0 Å². The summed E-state index contributed by atoms with van der Waals surface area (Å²) in [6.07, 6.45) is 0. The van der Waals surface area contributed by atoms with Gasteiger partial charge < -0.3 is 0 Å². The van der Waals surface area contributed by atoms with E-state index in [1.165, 1.54) is 23.6 Å². The number of amides is 1. The van der Waals surface area contributed by atoms with Crippen molar-refractivity contribution < 1.29 is 18.5 Å². The molecule has 0 aliphatic heterocycles. The Morgan fingerprint density at radius 1 is 1.23 bits per heavy atom. The lowest BCUT2D eigenvalue weighted by atomic mass is 10.1. The van der Waals surface area contributed by atoms with Gasteiger partial charge in [0.2, 0.25) is 0 Å². The van der Waals surface area contributed by atoms with Crippen molar-refractivity contribution in [3.8, 4) is 11.3 Å². The normalized spacial score (nSPS) is 10.6. The first-order valence-electron chi connectivity index (χ1n) is 7.01. The number of nitrogens with one attached hydrogen (secondary N) is 1. The van der Waals surface area contributed by atoms with E-state index in [4.69, 9.17) is 11.6 Å². The minimum atomic E-state index is -0.768. The first kappa shape index (κ1) is 17.9. The Bertz CT molecular complexity index is 1030. The van der Waals surface area contributed by atoms with Gasteiger partial charge in [0.25, 0.3) is 11.6 Å². The zero-order chi connectivity index (χ0) is 18.8. The zero-order valence-electron chi connectivity index (χ0n) is 12.7. The highest BCUT2D eigenvalue weighted by molar-refractivity contribution is 7.14. The van der Waals surface area contributed by atoms with Crippen molar-refractivity contribution in [1.29, 1.82) is 0 Å². The van der Waals surface area contributed by atoms with Gasteiger partial charge in [-0.3, -0.25) is 20.2 Å². The van der Waals surface area contributed by atoms with Gasteiger partial charge in [0.1, 0.15) is 16.7 Å². The predicted molar refractivity (Wildman–Crippen MR) is 93.5 cm³/mol. The second-order valence-corrected chi connectivity index (χ2v) is 6.30. The van der Waals surface area contributed by atoms with E-state index in [2.05, 4.69) is 10.3 Å². The Morgan fingerprint density at radius 2 is 2.00 bits per heavy atom. The van der Waals surface area contributed by atoms with E-state index in [1.807, 2.05) is 0 Å². The van der Waals surface area contributed by atoms with Crippen molar-refractivity contribution in [1.82, 2.24) is 4.98 Å². The number of aromatic nitrogens is 1. The number of carbonyl (C=O) groups excluding carboxylic acids is 1. The molecule has 0 aliphatic rings. The molecule has 0 spiro atoms. The number of carbonyl (C=O) groups is 1. The summed E-state index contributed by atoms with van der Waals surface area (Å²) in [5.41, 5.74) is 0.128. The number of nitro groups is 1. The standard InChI is InChI=1S/C16H8ClF2N3O3S/c17-11-5-8(1-4-14(11)22(24)25)15(23)21-16-20-13(7-26-16)10-3-2-9(18)6-12(10)19/h1-7H,(H,20,21,23). The van der Waals surface area contributed by atoms with Crippen LogP contribution >= 0.6 is 22.9 Å². The third-order valence-electron chi connectivity index (χ3n) is 3.34. The first-order chi connectivity index (χ1) is 12.3. The van der Waals surface area contributed by atoms with E-state index in [9.17, 15) is 23.7 Å². The second kappa shape index (κ2) is 7.14. The lowest BCUT2D eigenvalue weighted by Crippen LogP contribution is -2.11. The minimum Gasteiger partial charge on any atom is -0.298 e. The maximum Gasteiger partial charge on any atom is 0.287 e. The fraction of sp³-hybridized carbons (Fsp3) is 0. The molecule has 0 aliphatic carbocycles. The topological polar surface area (TPSA) is 85.1 Å². The number of hydrogen-bond donors (Lipinski definition) is 1. The number of nitrogens with zero attached hydrogens (tertiary/aromatic N) is 2. The summed E-state index contributed by atoms with van der Waals surface area (Å²) >= 11 is 6.83. The van der Waals surface area contributed by atoms with E-state index in [1.54, 1.807) is 0 Å². The lowest BCUT2D eigenvalue weighted by molar-refractivity contribution is -0.384. The summed E-state index contributed by atoms with van der Waals surface area (Å²) in [5, 5.41) is 14.8. The van der Waals surface area contributed by atoms with Gasteiger partial charge in [-0.15, -0.1) is 11.3 Å². The van der Waals surface area contributed by atoms with Crippen molar-refractivity contribution in [2.24, 2.45) is 0 Å². The average molecular weight is 396 g/mol. The first-order valence-corrected chi connectivity index (χ1v) is 8.27. The third kappa shape index (κ3) is 3.68. The van der Waals surface area contributed by atoms with Crippen LogP contribution in [-0.2, 0) is 0 Å². The summed E-state index contributed by atoms with van der Waals surface area (Å²) in [4.78, 5) is 26.4. The zero-order valence-corrected chi connectivity index (χ0v) is 14.3. The van der Waals surface area contributed by atoms with Gasteiger partial charge in [0, 0.05) is 28.6 Å². The molecular formula is C16H8ClF2N3O3S. The quantitative estimate of drug-likeness (QED) is 0.502. The van der Waals surface area contributed by atoms with Gasteiger partial charge in [-0.1, -0.05) is 11.6 Å². The molecule has 0 unspecified atom stereocenters. The van der Waals surface area contributed by atoms with Gasteiger partial charge in [-0.25, -0.2) is 13.8 Å². The van der Waals surface area contributed by atoms with E-state index >= 15 is 0 Å². The number of nitro benzene ring substituents is 1. The number of thiazole rings is 1. The highest BCUT2D eigenvalue weighted by Crippen LogP contribution is 2.29. The van der Waals surface area contributed by atoms with E-state index in [-0.39, 0.29) is 32.7 Å². The Balaban J connectivity index is 1.80. The molecule has 3 aromatic rings. The molecular weight excluding hydrogens is 388 g/mol. The fourth-order valence-electron chi connectivity index (χ4n) is 2.12. The van der Waals surface area contributed by atoms with Gasteiger partial charge in [-0.2, -0.15) is 0 Å². The van der Waals surface area contributed by atoms with Crippen LogP contribution in [0.5, 0.6) is 0 Å². The molecule has 0 saturated heterocycles. The molecule has 1 heterocycles. The second-order valence-electron chi connectivity index (χ2n) is 5.04. The monoisotopic (exact) mass is 395 g/mol. The number of rotatable bonds is 4. The van der Waals surface area contributed by atoms with Crippen LogP contribution in [0.1, 0.15) is 10.4 Å². The minimum absolute atomic E-state index is 0.0986. The summed E-state index contributed by atoms with van der Waals surface area (Å²) in [6, 6.07) is 6.65. The molecule has 0 fully saturated rings. The Hall–Kier alpha value is -2.91. The molecule has 0 bridgehead atoms. The van der Waals surface area contributed by atoms with Crippen LogP contribution in [0, 0.1) is 21.7 Å². The lowest BCUT2D eigenvalue weighted by Gasteiger charge is -2.03. The maximum atomic E-state index is 13.8. The SMILES string of the molecule is O=C(Nc1nc(-c2ccc(F)cc2F)cs1)c1ccc([N+](=O)[O-])c(Cl)c1. The van der Waals surface area contributed by atoms with Crippen LogP contribution in [0.25, 0.3) is 11.3 Å². The van der Waals surface area contributed by atoms with Crippen LogP contribution in [0.15, 0.2) is 41.8 Å². The largest absolute Gasteiger partial charge is 0.298 e. The van der Waals surface area contributed by atoms with Gasteiger partial charge in [-0.05, 0) is 24.3 Å². The predicted octanol–water partition coefficient (Wildman–Crippen LogP) is 4.90. The average Bonchev–Trinajstić information content (AvgIpc) is 3.02. The van der Waals surface area contributed by atoms with Crippen LogP contribution in [0.4, 0.5) is 19.6 Å². The Labute approximate surface area is 154 Å². The number of hydrogen-bond acceptors (Lipinski definition) is 5. The smallest absolute Gasteiger partial charge is 0.287 e. The molecule has 2 aromatic carbocycles. The molecule has 26 heavy (non-hydrogen) atoms. The van der Waals surface area contributed by atoms with Crippen LogP contribution in [0.3, 0.4) is 0 Å². The van der Waals surface area contributed by atoms with Crippen molar-refractivity contribution >= 4 is 39.7 Å². The molecule has 0 atom stereocenters. The van der Waals surface area contributed by atoms with Crippen molar-refractivity contribution in [2.75, 3.05) is 5.32 Å². The Morgan fingerprint density at radius 3 is 2.65 bits per heavy atom. The molecule has 1 amide bonds. The molecule has 1 N–H and O–H groups in total. The molecule has 132 valence electrons. The number of halogens is 3. The van der Waals surface area contributed by atoms with Gasteiger partial charge in [0.15, 0.2) is 5.13 Å². The highest BCUT2D eigenvalue weighted by Gasteiger charge is 2.17. The van der Waals surface area contributed by atoms with Crippen LogP contribution < -0.4 is 5.32 Å². The van der Waals surface area contributed by atoms with Crippen LogP contribution in [-0.4, -0.2) is 15.8 Å². The van der Waals surface area contributed by atoms with E-state index in [0.717, 1.165) is 29.5 Å². The van der Waals surface area contributed by atoms with Crippen molar-refractivity contribution in [3.05, 3.63) is 74.1 Å². The third-order valence-corrected chi connectivity index (χ3v) is 4.40. The molecule has 0 saturated carbocycles. The van der Waals surface area contributed by atoms with Gasteiger partial charge >= 0.3 is 0 Å². The molecule has 10 heteroatoms. The maximum absolute atomic E-state index is 13.8. The number of benzene rings is 2. The highest BCUT2D eigenvalue weighted by atomic mass is 35.5. The molecule has 0 radical (unpaired) electrons. The molecule has 6 nitrogen and oxygen atoms in total. The summed E-state index contributed by atoms with van der Waals surface area (Å²) < 4.78 is 26.8. The van der Waals surface area contributed by atoms with Crippen LogP contribution in [0.2, 0.25) is 5.02 Å². The molecule has 1 aromatic heterocycles. The van der Waals surface area contributed by atoms with Crippen molar-refractivity contribution in [2.45, 2.75) is 0 Å². The van der Waals surface area contributed by atoms with Gasteiger partial charge in [0.05, 0.1) is 10.6 Å². The summed E-state index contributed by atoms with van der Waals surface area (Å²) in [5.74, 6) is -2.05. The number of anilines is 1. The summed E-state index contributed by atoms with van der Waals surface area (Å²) in [6.45, 7) is 0. The molecule has 3 rings (SSSR count). The Kier molecular flexibility index (Phi) is 4.92. The van der Waals surface area contributed by atoms with E-state index in [0.29, 0.717) is 0 Å². The van der Waals surface area contributed by atoms with E-state index < -0.39 is 22.5 Å². The summed E-state index contributed by atoms with van der Waals surface area (Å²) in [7, 11) is 0.